The fourth-order valence-corrected chi connectivity index (χ4v) is 2.02. The van der Waals surface area contributed by atoms with Crippen molar-refractivity contribution < 1.29 is 15.0 Å². The number of phenols is 1. The molecule has 0 bridgehead atoms. The minimum atomic E-state index is -0.882. The Morgan fingerprint density at radius 2 is 2.00 bits per heavy atom. The van der Waals surface area contributed by atoms with Crippen LogP contribution in [0.3, 0.4) is 0 Å². The molecule has 0 aromatic heterocycles. The number of aromatic hydroxyl groups is 1. The Balaban J connectivity index is 2.74. The second-order valence-corrected chi connectivity index (χ2v) is 5.52. The summed E-state index contributed by atoms with van der Waals surface area (Å²) in [6.45, 7) is 3.93. The molecule has 1 aromatic carbocycles. The molecule has 100 valence electrons. The van der Waals surface area contributed by atoms with Gasteiger partial charge in [-0.1, -0.05) is 13.8 Å². The van der Waals surface area contributed by atoms with Crippen molar-refractivity contribution in [1.82, 2.24) is 5.32 Å². The van der Waals surface area contributed by atoms with Crippen LogP contribution in [0.1, 0.15) is 37.0 Å². The van der Waals surface area contributed by atoms with E-state index in [1.165, 1.54) is 6.07 Å². The van der Waals surface area contributed by atoms with E-state index in [1.54, 1.807) is 12.1 Å². The smallest absolute Gasteiger partial charge is 0.255 e. The summed E-state index contributed by atoms with van der Waals surface area (Å²) >= 11 is 2.07. The Hall–Kier alpha value is -0.820. The number of phenolic OH excluding ortho intramolecular Hbond substituents is 1. The maximum Gasteiger partial charge on any atom is 0.255 e. The molecule has 1 rings (SSSR count). The van der Waals surface area contributed by atoms with Gasteiger partial charge in [-0.3, -0.25) is 4.79 Å². The maximum atomic E-state index is 11.9. The Labute approximate surface area is 121 Å². The van der Waals surface area contributed by atoms with Gasteiger partial charge in [-0.15, -0.1) is 0 Å². The average molecular weight is 363 g/mol. The highest BCUT2D eigenvalue weighted by Crippen LogP contribution is 2.20. The van der Waals surface area contributed by atoms with Crippen molar-refractivity contribution >= 4 is 28.5 Å². The number of halogens is 1. The molecule has 18 heavy (non-hydrogen) atoms. The van der Waals surface area contributed by atoms with Gasteiger partial charge in [0.2, 0.25) is 0 Å². The predicted octanol–water partition coefficient (Wildman–Crippen LogP) is 2.28. The Morgan fingerprint density at radius 3 is 2.56 bits per heavy atom. The van der Waals surface area contributed by atoms with Crippen LogP contribution >= 0.6 is 22.6 Å². The van der Waals surface area contributed by atoms with Crippen molar-refractivity contribution in [3.05, 3.63) is 27.3 Å². The molecule has 0 aliphatic carbocycles. The zero-order valence-corrected chi connectivity index (χ0v) is 12.7. The van der Waals surface area contributed by atoms with Crippen LogP contribution in [0.15, 0.2) is 18.2 Å². The second-order valence-electron chi connectivity index (χ2n) is 4.28. The molecule has 0 saturated carbocycles. The molecule has 0 aliphatic rings. The third kappa shape index (κ3) is 3.84. The number of hydrogen-bond acceptors (Lipinski definition) is 3. The second kappa shape index (κ2) is 6.38. The van der Waals surface area contributed by atoms with Gasteiger partial charge in [-0.2, -0.15) is 0 Å². The first-order chi connectivity index (χ1) is 8.41. The highest BCUT2D eigenvalue weighted by molar-refractivity contribution is 14.1. The van der Waals surface area contributed by atoms with Gasteiger partial charge in [0.15, 0.2) is 0 Å². The lowest BCUT2D eigenvalue weighted by molar-refractivity contribution is 0.0313. The van der Waals surface area contributed by atoms with Crippen LogP contribution in [-0.2, 0) is 0 Å². The normalized spacial score (nSPS) is 11.3. The van der Waals surface area contributed by atoms with E-state index in [9.17, 15) is 15.0 Å². The van der Waals surface area contributed by atoms with Gasteiger partial charge in [-0.05, 0) is 53.6 Å². The molecule has 5 heteroatoms. The molecule has 0 unspecified atom stereocenters. The van der Waals surface area contributed by atoms with Crippen LogP contribution < -0.4 is 5.32 Å². The summed E-state index contributed by atoms with van der Waals surface area (Å²) < 4.78 is 0.872. The third-order valence-corrected chi connectivity index (χ3v) is 3.77. The predicted molar refractivity (Wildman–Crippen MR) is 78.7 cm³/mol. The number of hydrogen-bond donors (Lipinski definition) is 3. The molecule has 3 N–H and O–H groups in total. The number of carbonyl (C=O) groups excluding carboxylic acids is 1. The quantitative estimate of drug-likeness (QED) is 0.703. The summed E-state index contributed by atoms with van der Waals surface area (Å²) in [6.07, 6.45) is 1.14. The van der Waals surface area contributed by atoms with Gasteiger partial charge < -0.3 is 15.5 Å². The van der Waals surface area contributed by atoms with E-state index in [4.69, 9.17) is 0 Å². The Morgan fingerprint density at radius 1 is 1.39 bits per heavy atom. The summed E-state index contributed by atoms with van der Waals surface area (Å²) in [7, 11) is 0. The number of carbonyl (C=O) groups is 1. The van der Waals surface area contributed by atoms with Crippen LogP contribution in [0.25, 0.3) is 0 Å². The first kappa shape index (κ1) is 15.2. The van der Waals surface area contributed by atoms with Gasteiger partial charge >= 0.3 is 0 Å². The summed E-state index contributed by atoms with van der Waals surface area (Å²) in [5.74, 6) is -0.421. The van der Waals surface area contributed by atoms with Gasteiger partial charge in [0.25, 0.3) is 5.91 Å². The lowest BCUT2D eigenvalue weighted by atomic mass is 9.97. The zero-order valence-electron chi connectivity index (χ0n) is 10.5. The van der Waals surface area contributed by atoms with Gasteiger partial charge in [0, 0.05) is 10.1 Å². The fourth-order valence-electron chi connectivity index (χ4n) is 1.53. The number of rotatable bonds is 5. The summed E-state index contributed by atoms with van der Waals surface area (Å²) in [5, 5.41) is 22.3. The zero-order chi connectivity index (χ0) is 13.8. The highest BCUT2D eigenvalue weighted by atomic mass is 127. The molecule has 1 amide bonds. The number of aliphatic hydroxyl groups is 1. The molecule has 0 fully saturated rings. The molecule has 0 heterocycles. The van der Waals surface area contributed by atoms with Crippen molar-refractivity contribution in [2.45, 2.75) is 32.3 Å². The van der Waals surface area contributed by atoms with E-state index in [-0.39, 0.29) is 23.8 Å². The molecule has 0 atom stereocenters. The summed E-state index contributed by atoms with van der Waals surface area (Å²) in [5.41, 5.74) is -0.649. The van der Waals surface area contributed by atoms with Crippen LogP contribution in [0.4, 0.5) is 0 Å². The van der Waals surface area contributed by atoms with E-state index in [0.29, 0.717) is 12.8 Å². The monoisotopic (exact) mass is 363 g/mol. The van der Waals surface area contributed by atoms with Crippen molar-refractivity contribution in [3.63, 3.8) is 0 Å². The van der Waals surface area contributed by atoms with Crippen LogP contribution in [0.5, 0.6) is 5.75 Å². The molecule has 0 radical (unpaired) electrons. The van der Waals surface area contributed by atoms with E-state index < -0.39 is 5.60 Å². The number of amides is 1. The molecule has 4 nitrogen and oxygen atoms in total. The minimum Gasteiger partial charge on any atom is -0.507 e. The molecule has 0 spiro atoms. The standard InChI is InChI=1S/C13H18INO3/c1-3-13(18,4-2)8-15-12(17)10-7-9(14)5-6-11(10)16/h5-7,16,18H,3-4,8H2,1-2H3,(H,15,17). The van der Waals surface area contributed by atoms with E-state index in [1.807, 2.05) is 13.8 Å². The highest BCUT2D eigenvalue weighted by Gasteiger charge is 2.23. The lowest BCUT2D eigenvalue weighted by Crippen LogP contribution is -2.42. The lowest BCUT2D eigenvalue weighted by Gasteiger charge is -2.25. The van der Waals surface area contributed by atoms with Crippen LogP contribution in [0.2, 0.25) is 0 Å². The summed E-state index contributed by atoms with van der Waals surface area (Å²) in [6, 6.07) is 4.83. The summed E-state index contributed by atoms with van der Waals surface area (Å²) in [4.78, 5) is 11.9. The van der Waals surface area contributed by atoms with Crippen molar-refractivity contribution in [1.29, 1.82) is 0 Å². The van der Waals surface area contributed by atoms with Gasteiger partial charge in [-0.25, -0.2) is 0 Å². The number of nitrogens with one attached hydrogen (secondary N) is 1. The van der Waals surface area contributed by atoms with Gasteiger partial charge in [0.05, 0.1) is 11.2 Å². The molecule has 1 aromatic rings. The molecular weight excluding hydrogens is 345 g/mol. The average Bonchev–Trinajstić information content (AvgIpc) is 2.38. The molecular formula is C13H18INO3. The van der Waals surface area contributed by atoms with E-state index in [0.717, 1.165) is 3.57 Å². The van der Waals surface area contributed by atoms with Crippen molar-refractivity contribution in [2.24, 2.45) is 0 Å². The maximum absolute atomic E-state index is 11.9. The number of benzene rings is 1. The topological polar surface area (TPSA) is 69.6 Å². The molecule has 0 saturated heterocycles. The minimum absolute atomic E-state index is 0.0514. The van der Waals surface area contributed by atoms with Crippen molar-refractivity contribution in [2.75, 3.05) is 6.54 Å². The third-order valence-electron chi connectivity index (χ3n) is 3.10. The fraction of sp³-hybridized carbons (Fsp3) is 0.462. The Kier molecular flexibility index (Phi) is 5.40. The van der Waals surface area contributed by atoms with Gasteiger partial charge in [0.1, 0.15) is 5.75 Å². The van der Waals surface area contributed by atoms with Crippen LogP contribution in [-0.4, -0.2) is 28.3 Å². The first-order valence-corrected chi connectivity index (χ1v) is 6.99. The largest absolute Gasteiger partial charge is 0.507 e. The molecule has 0 aliphatic heterocycles. The Bertz CT molecular complexity index is 430. The van der Waals surface area contributed by atoms with Crippen LogP contribution in [0, 0.1) is 3.57 Å². The first-order valence-electron chi connectivity index (χ1n) is 5.91. The van der Waals surface area contributed by atoms with E-state index in [2.05, 4.69) is 27.9 Å². The van der Waals surface area contributed by atoms with Crippen molar-refractivity contribution in [3.8, 4) is 5.75 Å². The SMILES string of the molecule is CCC(O)(CC)CNC(=O)c1cc(I)ccc1O. The van der Waals surface area contributed by atoms with E-state index >= 15 is 0 Å².